The molecule has 1 aromatic rings. The first-order valence-electron chi connectivity index (χ1n) is 6.89. The van der Waals surface area contributed by atoms with Crippen molar-refractivity contribution in [2.24, 2.45) is 5.92 Å². The third-order valence-electron chi connectivity index (χ3n) is 3.18. The Balaban J connectivity index is -0.000000749. The molecule has 0 aromatic heterocycles. The summed E-state index contributed by atoms with van der Waals surface area (Å²) in [5.74, 6) is -0.473. The molecule has 1 aliphatic carbocycles. The van der Waals surface area contributed by atoms with Crippen LogP contribution in [0.15, 0.2) is 58.4 Å². The molecule has 0 fully saturated rings. The van der Waals surface area contributed by atoms with Crippen molar-refractivity contribution in [2.75, 3.05) is 7.11 Å². The van der Waals surface area contributed by atoms with E-state index >= 15 is 0 Å². The Morgan fingerprint density at radius 3 is 2.11 bits per heavy atom. The summed E-state index contributed by atoms with van der Waals surface area (Å²) in [6.07, 6.45) is 5.63. The van der Waals surface area contributed by atoms with Crippen molar-refractivity contribution in [3.63, 3.8) is 0 Å². The van der Waals surface area contributed by atoms with E-state index in [1.54, 1.807) is 42.5 Å². The monoisotopic (exact) mass is 432 g/mol. The number of rotatable bonds is 4. The van der Waals surface area contributed by atoms with E-state index in [4.69, 9.17) is 14.0 Å². The average Bonchev–Trinajstić information content (AvgIpc) is 2.73. The number of allylic oxidation sites excluding steroid dienone is 4. The number of carbonyl (C=O) groups is 1. The van der Waals surface area contributed by atoms with Crippen LogP contribution < -0.4 is 0 Å². The predicted molar refractivity (Wildman–Crippen MR) is 87.4 cm³/mol. The zero-order chi connectivity index (χ0) is 20.6. The molecule has 0 radical (unpaired) electrons. The Labute approximate surface area is 169 Å². The van der Waals surface area contributed by atoms with Gasteiger partial charge in [0.25, 0.3) is 0 Å². The van der Waals surface area contributed by atoms with Crippen LogP contribution in [0.25, 0.3) is 0 Å². The van der Waals surface area contributed by atoms with E-state index < -0.39 is 9.84 Å². The van der Waals surface area contributed by atoms with E-state index in [0.717, 1.165) is 0 Å². The number of benzene rings is 1. The molecule has 1 aliphatic rings. The van der Waals surface area contributed by atoms with Gasteiger partial charge >= 0.3 is 39.9 Å². The molecule has 0 bridgehead atoms. The van der Waals surface area contributed by atoms with Crippen LogP contribution in [0.5, 0.6) is 0 Å². The van der Waals surface area contributed by atoms with Gasteiger partial charge in [0.15, 0.2) is 0 Å². The summed E-state index contributed by atoms with van der Waals surface area (Å²) in [6, 6.07) is 8.30. The first-order chi connectivity index (χ1) is 12.5. The first-order valence-corrected chi connectivity index (χ1v) is 8.38. The molecule has 1 atom stereocenters. The van der Waals surface area contributed by atoms with E-state index in [1.165, 1.54) is 7.11 Å². The van der Waals surface area contributed by atoms with Crippen molar-refractivity contribution in [2.45, 2.75) is 17.7 Å². The number of sulfone groups is 1. The molecular weight excluding hydrogens is 416 g/mol. The van der Waals surface area contributed by atoms with Crippen molar-refractivity contribution in [3.8, 4) is 0 Å². The number of hydrogen-bond acceptors (Lipinski definition) is 4. The maximum absolute atomic E-state index is 12.5. The van der Waals surface area contributed by atoms with E-state index in [0.29, 0.717) is 11.3 Å². The van der Waals surface area contributed by atoms with Crippen LogP contribution >= 0.6 is 0 Å². The van der Waals surface area contributed by atoms with Crippen LogP contribution in [-0.2, 0) is 50.4 Å². The molecule has 9 heteroatoms. The summed E-state index contributed by atoms with van der Waals surface area (Å²) in [5.41, 5.74) is 0. The molecule has 7 nitrogen and oxygen atoms in total. The van der Waals surface area contributed by atoms with Crippen LogP contribution in [0.1, 0.15) is 12.8 Å². The average molecular weight is 432 g/mol. The number of hydrogen-bond donors (Lipinski definition) is 0. The molecule has 1 aromatic carbocycles. The van der Waals surface area contributed by atoms with Crippen molar-refractivity contribution < 1.29 is 49.0 Å². The Morgan fingerprint density at radius 1 is 1.11 bits per heavy atom. The van der Waals surface area contributed by atoms with Gasteiger partial charge in [-0.15, -0.1) is 0 Å². The SMILES string of the molecule is COC(=O)CC1C=CC=C(S(=O)(=O)c2ccccc2)C1.[C-]#[O+].[C-]#[O+].[C-]#[O+].[Fe]. The standard InChI is InChI=1S/C15H16O4S.3CO.Fe/c1-19-15(16)11-12-6-5-9-14(10-12)20(17,18)13-7-3-2-4-8-13;3*1-2;/h2-9,12H,10-11H2,1H3;;;;. The Kier molecular flexibility index (Phi) is 19.0. The number of methoxy groups -OCH3 is 1. The van der Waals surface area contributed by atoms with Crippen molar-refractivity contribution >= 4 is 15.8 Å². The fraction of sp³-hybridized carbons (Fsp3) is 0.222. The Bertz CT molecular complexity index is 761. The minimum atomic E-state index is -3.48. The van der Waals surface area contributed by atoms with Crippen LogP contribution in [0.3, 0.4) is 0 Å². The van der Waals surface area contributed by atoms with Crippen LogP contribution in [-0.4, -0.2) is 21.5 Å². The summed E-state index contributed by atoms with van der Waals surface area (Å²) >= 11 is 0. The maximum Gasteiger partial charge on any atom is 0 e. The molecule has 2 rings (SSSR count). The number of ether oxygens (including phenoxy) is 1. The molecule has 0 saturated heterocycles. The van der Waals surface area contributed by atoms with Crippen molar-refractivity contribution in [3.05, 3.63) is 73.4 Å². The summed E-state index contributed by atoms with van der Waals surface area (Å²) in [6.45, 7) is 13.5. The van der Waals surface area contributed by atoms with Crippen LogP contribution in [0.4, 0.5) is 0 Å². The normalized spacial score (nSPS) is 13.9. The third-order valence-corrected chi connectivity index (χ3v) is 5.07. The minimum absolute atomic E-state index is 0. The van der Waals surface area contributed by atoms with Gasteiger partial charge in [-0.05, 0) is 30.5 Å². The fourth-order valence-electron chi connectivity index (χ4n) is 2.10. The van der Waals surface area contributed by atoms with E-state index in [9.17, 15) is 13.2 Å². The maximum atomic E-state index is 12.5. The van der Waals surface area contributed by atoms with Gasteiger partial charge in [0.2, 0.25) is 9.84 Å². The largest absolute Gasteiger partial charge is 0 e. The molecule has 144 valence electrons. The van der Waals surface area contributed by atoms with Crippen molar-refractivity contribution in [1.29, 1.82) is 0 Å². The molecular formula is C18H16FeO7S. The molecule has 0 heterocycles. The quantitative estimate of drug-likeness (QED) is 0.314. The van der Waals surface area contributed by atoms with Gasteiger partial charge in [0, 0.05) is 22.0 Å². The fourth-order valence-corrected chi connectivity index (χ4v) is 3.61. The zero-order valence-electron chi connectivity index (χ0n) is 14.2. The summed E-state index contributed by atoms with van der Waals surface area (Å²) in [4.78, 5) is 11.9. The zero-order valence-corrected chi connectivity index (χ0v) is 16.2. The summed E-state index contributed by atoms with van der Waals surface area (Å²) in [7, 11) is -2.15. The predicted octanol–water partition coefficient (Wildman–Crippen LogP) is 2.37. The van der Waals surface area contributed by atoms with Crippen molar-refractivity contribution in [1.82, 2.24) is 0 Å². The van der Waals surface area contributed by atoms with Gasteiger partial charge in [0.1, 0.15) is 0 Å². The Morgan fingerprint density at radius 2 is 1.63 bits per heavy atom. The number of esters is 1. The second-order valence-electron chi connectivity index (χ2n) is 4.58. The second-order valence-corrected chi connectivity index (χ2v) is 6.58. The molecule has 0 saturated carbocycles. The Hall–Kier alpha value is -2.14. The number of carbonyl (C=O) groups excluding carboxylic acids is 1. The van der Waals surface area contributed by atoms with E-state index in [1.807, 2.05) is 6.08 Å². The van der Waals surface area contributed by atoms with Gasteiger partial charge in [-0.25, -0.2) is 8.42 Å². The second kappa shape index (κ2) is 17.3. The third kappa shape index (κ3) is 9.94. The molecule has 0 amide bonds. The van der Waals surface area contributed by atoms with Gasteiger partial charge in [-0.3, -0.25) is 4.79 Å². The molecule has 27 heavy (non-hydrogen) atoms. The molecule has 0 N–H and O–H groups in total. The summed E-state index contributed by atoms with van der Waals surface area (Å²) < 4.78 is 52.1. The topological polar surface area (TPSA) is 120 Å². The van der Waals surface area contributed by atoms with Crippen LogP contribution in [0.2, 0.25) is 0 Å². The summed E-state index contributed by atoms with van der Waals surface area (Å²) in [5, 5.41) is 0. The molecule has 0 spiro atoms. The van der Waals surface area contributed by atoms with Gasteiger partial charge < -0.3 is 4.74 Å². The molecule has 1 unspecified atom stereocenters. The molecule has 0 aliphatic heterocycles. The van der Waals surface area contributed by atoms with E-state index in [2.05, 4.69) is 24.7 Å². The minimum Gasteiger partial charge on any atom is 0 e. The first kappa shape index (κ1) is 29.6. The van der Waals surface area contributed by atoms with Crippen LogP contribution in [0, 0.1) is 25.9 Å². The van der Waals surface area contributed by atoms with Gasteiger partial charge in [-0.1, -0.05) is 30.4 Å². The van der Waals surface area contributed by atoms with Gasteiger partial charge in [0.05, 0.1) is 18.4 Å². The van der Waals surface area contributed by atoms with Gasteiger partial charge in [-0.2, -0.15) is 0 Å². The van der Waals surface area contributed by atoms with E-state index in [-0.39, 0.29) is 40.3 Å². The smallest absolute Gasteiger partial charge is 0 e.